The molecule has 0 aliphatic heterocycles. The Morgan fingerprint density at radius 3 is 2.52 bits per heavy atom. The number of carbonyl (C=O) groups is 1. The fourth-order valence-electron chi connectivity index (χ4n) is 3.31. The van der Waals surface area contributed by atoms with Crippen LogP contribution in [0.4, 0.5) is 5.69 Å². The number of hydrogen-bond donors (Lipinski definition) is 1. The number of amides is 1. The monoisotopic (exact) mass is 384 g/mol. The van der Waals surface area contributed by atoms with Crippen molar-refractivity contribution in [1.82, 2.24) is 14.9 Å². The predicted molar refractivity (Wildman–Crippen MR) is 117 cm³/mol. The Kier molecular flexibility index (Phi) is 5.29. The molecule has 0 unspecified atom stereocenters. The highest BCUT2D eigenvalue weighted by molar-refractivity contribution is 5.95. The van der Waals surface area contributed by atoms with Crippen molar-refractivity contribution in [3.05, 3.63) is 95.8 Å². The van der Waals surface area contributed by atoms with Crippen LogP contribution >= 0.6 is 0 Å². The van der Waals surface area contributed by atoms with Gasteiger partial charge in [0, 0.05) is 38.4 Å². The summed E-state index contributed by atoms with van der Waals surface area (Å²) in [5, 5.41) is 3.00. The summed E-state index contributed by atoms with van der Waals surface area (Å²) in [7, 11) is 3.93. The number of aromatic nitrogens is 2. The van der Waals surface area contributed by atoms with E-state index in [4.69, 9.17) is 0 Å². The Labute approximate surface area is 170 Å². The second kappa shape index (κ2) is 8.19. The van der Waals surface area contributed by atoms with Gasteiger partial charge in [-0.15, -0.1) is 0 Å². The van der Waals surface area contributed by atoms with Crippen molar-refractivity contribution in [2.75, 3.05) is 19.0 Å². The van der Waals surface area contributed by atoms with E-state index in [2.05, 4.69) is 45.2 Å². The van der Waals surface area contributed by atoms with Crippen LogP contribution in [0.15, 0.2) is 79.1 Å². The van der Waals surface area contributed by atoms with Gasteiger partial charge in [-0.05, 0) is 41.5 Å². The van der Waals surface area contributed by atoms with Crippen molar-refractivity contribution in [2.45, 2.75) is 13.1 Å². The summed E-state index contributed by atoms with van der Waals surface area (Å²) in [6.45, 7) is 1.27. The fourth-order valence-corrected chi connectivity index (χ4v) is 3.31. The first-order chi connectivity index (χ1) is 14.1. The summed E-state index contributed by atoms with van der Waals surface area (Å²) in [6, 6.07) is 24.1. The topological polar surface area (TPSA) is 50.2 Å². The van der Waals surface area contributed by atoms with E-state index >= 15 is 0 Å². The van der Waals surface area contributed by atoms with Gasteiger partial charge in [-0.2, -0.15) is 0 Å². The van der Waals surface area contributed by atoms with E-state index in [1.807, 2.05) is 67.8 Å². The van der Waals surface area contributed by atoms with E-state index < -0.39 is 0 Å². The Morgan fingerprint density at radius 2 is 1.72 bits per heavy atom. The van der Waals surface area contributed by atoms with Crippen LogP contribution in [0.1, 0.15) is 21.5 Å². The van der Waals surface area contributed by atoms with Gasteiger partial charge in [-0.3, -0.25) is 4.79 Å². The summed E-state index contributed by atoms with van der Waals surface area (Å²) < 4.78 is 2.14. The van der Waals surface area contributed by atoms with Gasteiger partial charge in [0.05, 0.1) is 17.4 Å². The maximum Gasteiger partial charge on any atom is 0.251 e. The molecule has 0 bridgehead atoms. The van der Waals surface area contributed by atoms with Gasteiger partial charge in [-0.1, -0.05) is 42.5 Å². The molecule has 1 N–H and O–H groups in total. The summed E-state index contributed by atoms with van der Waals surface area (Å²) in [4.78, 5) is 18.9. The third kappa shape index (κ3) is 4.29. The second-order valence-electron chi connectivity index (χ2n) is 7.31. The molecule has 146 valence electrons. The predicted octanol–water partition coefficient (Wildman–Crippen LogP) is 4.08. The highest BCUT2D eigenvalue weighted by Crippen LogP contribution is 2.15. The highest BCUT2D eigenvalue weighted by atomic mass is 16.1. The maximum atomic E-state index is 12.5. The molecule has 1 aromatic heterocycles. The lowest BCUT2D eigenvalue weighted by atomic mass is 10.1. The Hall–Kier alpha value is -3.60. The zero-order valence-corrected chi connectivity index (χ0v) is 16.7. The van der Waals surface area contributed by atoms with E-state index in [1.165, 1.54) is 5.56 Å². The van der Waals surface area contributed by atoms with Crippen LogP contribution in [0, 0.1) is 0 Å². The SMILES string of the molecule is CN(C)c1cccc(C(=O)NCc2ccc(Cn3cnc4ccccc43)cc2)c1. The van der Waals surface area contributed by atoms with Crippen LogP contribution in [0.3, 0.4) is 0 Å². The van der Waals surface area contributed by atoms with Crippen LogP contribution in [-0.2, 0) is 13.1 Å². The number of para-hydroxylation sites is 2. The molecule has 5 heteroatoms. The minimum absolute atomic E-state index is 0.0670. The summed E-state index contributed by atoms with van der Waals surface area (Å²) in [6.07, 6.45) is 1.88. The van der Waals surface area contributed by atoms with Crippen molar-refractivity contribution in [3.63, 3.8) is 0 Å². The van der Waals surface area contributed by atoms with Crippen molar-refractivity contribution < 1.29 is 4.79 Å². The molecule has 1 heterocycles. The van der Waals surface area contributed by atoms with Crippen LogP contribution in [0.25, 0.3) is 11.0 Å². The van der Waals surface area contributed by atoms with Gasteiger partial charge in [0.15, 0.2) is 0 Å². The number of fused-ring (bicyclic) bond motifs is 1. The number of carbonyl (C=O) groups excluding carboxylic acids is 1. The fraction of sp³-hybridized carbons (Fsp3) is 0.167. The van der Waals surface area contributed by atoms with Crippen LogP contribution in [0.5, 0.6) is 0 Å². The third-order valence-corrected chi connectivity index (χ3v) is 4.98. The van der Waals surface area contributed by atoms with Gasteiger partial charge in [0.25, 0.3) is 5.91 Å². The molecule has 0 atom stereocenters. The van der Waals surface area contributed by atoms with Gasteiger partial charge in [-0.25, -0.2) is 4.98 Å². The molecule has 5 nitrogen and oxygen atoms in total. The lowest BCUT2D eigenvalue weighted by Crippen LogP contribution is -2.23. The summed E-state index contributed by atoms with van der Waals surface area (Å²) >= 11 is 0. The molecule has 0 radical (unpaired) electrons. The first-order valence-electron chi connectivity index (χ1n) is 9.63. The standard InChI is InChI=1S/C24H24N4O/c1-27(2)21-7-5-6-20(14-21)24(29)25-15-18-10-12-19(13-11-18)16-28-17-26-22-8-3-4-9-23(22)28/h3-14,17H,15-16H2,1-2H3,(H,25,29). The van der Waals surface area contributed by atoms with Crippen LogP contribution in [-0.4, -0.2) is 29.6 Å². The molecule has 0 spiro atoms. The van der Waals surface area contributed by atoms with E-state index in [-0.39, 0.29) is 5.91 Å². The third-order valence-electron chi connectivity index (χ3n) is 4.98. The number of nitrogens with zero attached hydrogens (tertiary/aromatic N) is 3. The van der Waals surface area contributed by atoms with Gasteiger partial charge in [0.2, 0.25) is 0 Å². The first-order valence-corrected chi connectivity index (χ1v) is 9.63. The molecular weight excluding hydrogens is 360 g/mol. The molecule has 0 saturated heterocycles. The lowest BCUT2D eigenvalue weighted by molar-refractivity contribution is 0.0951. The largest absolute Gasteiger partial charge is 0.378 e. The molecule has 1 amide bonds. The number of hydrogen-bond acceptors (Lipinski definition) is 3. The maximum absolute atomic E-state index is 12.5. The molecule has 0 aliphatic carbocycles. The molecule has 3 aromatic carbocycles. The first kappa shape index (κ1) is 18.7. The lowest BCUT2D eigenvalue weighted by Gasteiger charge is -2.13. The minimum atomic E-state index is -0.0670. The van der Waals surface area contributed by atoms with Crippen LogP contribution < -0.4 is 10.2 Å². The van der Waals surface area contributed by atoms with Crippen LogP contribution in [0.2, 0.25) is 0 Å². The molecular formula is C24H24N4O. The zero-order chi connectivity index (χ0) is 20.2. The molecule has 4 aromatic rings. The van der Waals surface area contributed by atoms with Crippen molar-refractivity contribution in [3.8, 4) is 0 Å². The number of anilines is 1. The minimum Gasteiger partial charge on any atom is -0.378 e. The molecule has 0 aliphatic rings. The average Bonchev–Trinajstić information content (AvgIpc) is 3.16. The van der Waals surface area contributed by atoms with Gasteiger partial charge >= 0.3 is 0 Å². The van der Waals surface area contributed by atoms with Crippen molar-refractivity contribution >= 4 is 22.6 Å². The number of nitrogens with one attached hydrogen (secondary N) is 1. The smallest absolute Gasteiger partial charge is 0.251 e. The number of rotatable bonds is 6. The van der Waals surface area contributed by atoms with Gasteiger partial charge in [0.1, 0.15) is 0 Å². The molecule has 29 heavy (non-hydrogen) atoms. The zero-order valence-electron chi connectivity index (χ0n) is 16.7. The van der Waals surface area contributed by atoms with E-state index in [1.54, 1.807) is 0 Å². The van der Waals surface area contributed by atoms with E-state index in [9.17, 15) is 4.79 Å². The van der Waals surface area contributed by atoms with E-state index in [0.29, 0.717) is 12.1 Å². The summed E-state index contributed by atoms with van der Waals surface area (Å²) in [5.41, 5.74) is 6.08. The quantitative estimate of drug-likeness (QED) is 0.545. The normalized spacial score (nSPS) is 10.8. The Bertz CT molecular complexity index is 1130. The number of imidazole rings is 1. The molecule has 4 rings (SSSR count). The van der Waals surface area contributed by atoms with Crippen molar-refractivity contribution in [1.29, 1.82) is 0 Å². The average molecular weight is 384 g/mol. The van der Waals surface area contributed by atoms with Gasteiger partial charge < -0.3 is 14.8 Å². The highest BCUT2D eigenvalue weighted by Gasteiger charge is 2.07. The second-order valence-corrected chi connectivity index (χ2v) is 7.31. The summed E-state index contributed by atoms with van der Waals surface area (Å²) in [5.74, 6) is -0.0670. The number of benzene rings is 3. The molecule has 0 saturated carbocycles. The van der Waals surface area contributed by atoms with Crippen molar-refractivity contribution in [2.24, 2.45) is 0 Å². The Balaban J connectivity index is 1.38. The molecule has 0 fully saturated rings. The van der Waals surface area contributed by atoms with E-state index in [0.717, 1.165) is 28.8 Å². The Morgan fingerprint density at radius 1 is 0.966 bits per heavy atom.